The molecular weight excluding hydrogens is 444 g/mol. The van der Waals surface area contributed by atoms with Crippen molar-refractivity contribution < 1.29 is 18.7 Å². The molecule has 0 atom stereocenters. The van der Waals surface area contributed by atoms with Gasteiger partial charge in [-0.1, -0.05) is 49.6 Å². The second kappa shape index (κ2) is 13.3. The fourth-order valence-electron chi connectivity index (χ4n) is 4.74. The molecule has 0 bridgehead atoms. The number of benzene rings is 1. The van der Waals surface area contributed by atoms with Gasteiger partial charge in [-0.15, -0.1) is 0 Å². The first kappa shape index (κ1) is 25.3. The van der Waals surface area contributed by atoms with Crippen molar-refractivity contribution in [3.05, 3.63) is 60.1 Å². The van der Waals surface area contributed by atoms with Crippen LogP contribution >= 0.6 is 0 Å². The zero-order chi connectivity index (χ0) is 24.3. The van der Waals surface area contributed by atoms with E-state index in [4.69, 9.17) is 9.15 Å². The Hall–Kier alpha value is -2.84. The van der Waals surface area contributed by atoms with Crippen molar-refractivity contribution in [2.24, 2.45) is 0 Å². The van der Waals surface area contributed by atoms with Crippen molar-refractivity contribution in [1.29, 1.82) is 0 Å². The molecule has 2 fully saturated rings. The first-order valence-electron chi connectivity index (χ1n) is 12.9. The summed E-state index contributed by atoms with van der Waals surface area (Å²) in [5, 5.41) is 3.20. The summed E-state index contributed by atoms with van der Waals surface area (Å²) in [7, 11) is 0. The van der Waals surface area contributed by atoms with E-state index in [9.17, 15) is 9.59 Å². The van der Waals surface area contributed by atoms with Crippen LogP contribution in [0.4, 0.5) is 4.79 Å². The minimum atomic E-state index is -0.142. The van der Waals surface area contributed by atoms with Gasteiger partial charge in [0.05, 0.1) is 26.0 Å². The number of hydrogen-bond acceptors (Lipinski definition) is 5. The van der Waals surface area contributed by atoms with Gasteiger partial charge in [-0.05, 0) is 30.5 Å². The molecule has 8 nitrogen and oxygen atoms in total. The van der Waals surface area contributed by atoms with E-state index in [-0.39, 0.29) is 24.5 Å². The fourth-order valence-corrected chi connectivity index (χ4v) is 4.74. The van der Waals surface area contributed by atoms with Gasteiger partial charge in [-0.2, -0.15) is 0 Å². The molecule has 1 aromatic carbocycles. The van der Waals surface area contributed by atoms with Crippen LogP contribution in [0.5, 0.6) is 0 Å². The Morgan fingerprint density at radius 1 is 0.943 bits per heavy atom. The number of hydrogen-bond donors (Lipinski definition) is 1. The highest BCUT2D eigenvalue weighted by Gasteiger charge is 2.25. The Balaban J connectivity index is 1.43. The zero-order valence-electron chi connectivity index (χ0n) is 20.6. The fraction of sp³-hybridized carbons (Fsp3) is 0.556. The van der Waals surface area contributed by atoms with Crippen LogP contribution in [0.2, 0.25) is 0 Å². The summed E-state index contributed by atoms with van der Waals surface area (Å²) in [4.78, 5) is 32.6. The second-order valence-electron chi connectivity index (χ2n) is 9.47. The lowest BCUT2D eigenvalue weighted by Gasteiger charge is -2.32. The van der Waals surface area contributed by atoms with Gasteiger partial charge >= 0.3 is 6.03 Å². The molecule has 1 N–H and O–H groups in total. The molecule has 0 spiro atoms. The number of rotatable bonds is 10. The molecule has 8 heteroatoms. The molecule has 1 aliphatic heterocycles. The van der Waals surface area contributed by atoms with Crippen LogP contribution in [0.1, 0.15) is 43.4 Å². The van der Waals surface area contributed by atoms with Crippen LogP contribution in [0.3, 0.4) is 0 Å². The van der Waals surface area contributed by atoms with E-state index < -0.39 is 0 Å². The molecule has 2 aliphatic rings. The Bertz CT molecular complexity index is 893. The standard InChI is InChI=1S/C27H38N4O4/c32-26(31(21-25-12-7-17-35-25)20-23-8-3-1-4-9-23)22-30(14-13-29-15-18-34-19-16-29)27(33)28-24-10-5-2-6-11-24/h1,3-4,7-9,12,17,24H,2,5-6,10-11,13-16,18-22H2,(H,28,33). The van der Waals surface area contributed by atoms with E-state index in [2.05, 4.69) is 10.2 Å². The lowest BCUT2D eigenvalue weighted by Crippen LogP contribution is -2.52. The maximum atomic E-state index is 13.6. The predicted molar refractivity (Wildman–Crippen MR) is 134 cm³/mol. The normalized spacial score (nSPS) is 17.1. The summed E-state index contributed by atoms with van der Waals surface area (Å²) in [6.07, 6.45) is 7.15. The molecule has 190 valence electrons. The molecule has 1 saturated heterocycles. The molecule has 2 heterocycles. The molecule has 2 aromatic rings. The largest absolute Gasteiger partial charge is 0.467 e. The van der Waals surface area contributed by atoms with E-state index in [1.54, 1.807) is 16.1 Å². The number of urea groups is 1. The topological polar surface area (TPSA) is 78.3 Å². The Morgan fingerprint density at radius 3 is 2.43 bits per heavy atom. The van der Waals surface area contributed by atoms with Crippen molar-refractivity contribution in [3.8, 4) is 0 Å². The number of ether oxygens (including phenoxy) is 1. The molecule has 3 amide bonds. The summed E-state index contributed by atoms with van der Waals surface area (Å²) >= 11 is 0. The average molecular weight is 483 g/mol. The highest BCUT2D eigenvalue weighted by Crippen LogP contribution is 2.18. The van der Waals surface area contributed by atoms with Crippen LogP contribution < -0.4 is 5.32 Å². The molecule has 1 aromatic heterocycles. The smallest absolute Gasteiger partial charge is 0.318 e. The molecule has 4 rings (SSSR count). The summed E-state index contributed by atoms with van der Waals surface area (Å²) in [5.74, 6) is 0.631. The zero-order valence-corrected chi connectivity index (χ0v) is 20.6. The highest BCUT2D eigenvalue weighted by molar-refractivity contribution is 5.84. The third-order valence-electron chi connectivity index (χ3n) is 6.83. The lowest BCUT2D eigenvalue weighted by atomic mass is 9.96. The maximum absolute atomic E-state index is 13.6. The van der Waals surface area contributed by atoms with Crippen molar-refractivity contribution in [3.63, 3.8) is 0 Å². The second-order valence-corrected chi connectivity index (χ2v) is 9.47. The van der Waals surface area contributed by atoms with Crippen LogP contribution in [0, 0.1) is 0 Å². The van der Waals surface area contributed by atoms with Crippen LogP contribution in [0.25, 0.3) is 0 Å². The Labute approximate surface area is 208 Å². The number of nitrogens with one attached hydrogen (secondary N) is 1. The van der Waals surface area contributed by atoms with Crippen molar-refractivity contribution in [2.75, 3.05) is 45.9 Å². The van der Waals surface area contributed by atoms with Gasteiger partial charge in [0.2, 0.25) is 5.91 Å². The number of carbonyl (C=O) groups excluding carboxylic acids is 2. The Morgan fingerprint density at radius 2 is 1.71 bits per heavy atom. The van der Waals surface area contributed by atoms with Gasteiger partial charge in [0.25, 0.3) is 0 Å². The first-order valence-corrected chi connectivity index (χ1v) is 12.9. The first-order chi connectivity index (χ1) is 17.2. The van der Waals surface area contributed by atoms with Gasteiger partial charge in [-0.25, -0.2) is 4.79 Å². The Kier molecular flexibility index (Phi) is 9.60. The summed E-state index contributed by atoms with van der Waals surface area (Å²) < 4.78 is 11.0. The quantitative estimate of drug-likeness (QED) is 0.561. The number of morpholine rings is 1. The average Bonchev–Trinajstić information content (AvgIpc) is 3.41. The molecule has 0 unspecified atom stereocenters. The van der Waals surface area contributed by atoms with E-state index in [0.29, 0.717) is 32.8 Å². The summed E-state index contributed by atoms with van der Waals surface area (Å²) in [6, 6.07) is 13.7. The predicted octanol–water partition coefficient (Wildman–Crippen LogP) is 3.48. The molecule has 0 radical (unpaired) electrons. The van der Waals surface area contributed by atoms with Gasteiger partial charge in [0, 0.05) is 38.8 Å². The molecule has 1 saturated carbocycles. The van der Waals surface area contributed by atoms with Crippen molar-refractivity contribution >= 4 is 11.9 Å². The third-order valence-corrected chi connectivity index (χ3v) is 6.83. The van der Waals surface area contributed by atoms with Crippen molar-refractivity contribution in [1.82, 2.24) is 20.0 Å². The van der Waals surface area contributed by atoms with Crippen LogP contribution in [-0.2, 0) is 22.6 Å². The number of furan rings is 1. The van der Waals surface area contributed by atoms with Crippen LogP contribution in [-0.4, -0.2) is 78.6 Å². The molecular formula is C27H38N4O4. The van der Waals surface area contributed by atoms with Gasteiger partial charge in [-0.3, -0.25) is 9.69 Å². The van der Waals surface area contributed by atoms with E-state index in [1.807, 2.05) is 42.5 Å². The maximum Gasteiger partial charge on any atom is 0.318 e. The van der Waals surface area contributed by atoms with E-state index in [1.165, 1.54) is 6.42 Å². The SMILES string of the molecule is O=C(CN(CCN1CCOCC1)C(=O)NC1CCCCC1)N(Cc1ccccc1)Cc1ccco1. The lowest BCUT2D eigenvalue weighted by molar-refractivity contribution is -0.133. The summed E-state index contributed by atoms with van der Waals surface area (Å²) in [6.45, 7) is 5.22. The number of amides is 3. The third kappa shape index (κ3) is 8.11. The molecule has 35 heavy (non-hydrogen) atoms. The highest BCUT2D eigenvalue weighted by atomic mass is 16.5. The van der Waals surface area contributed by atoms with Crippen molar-refractivity contribution in [2.45, 2.75) is 51.2 Å². The van der Waals surface area contributed by atoms with E-state index >= 15 is 0 Å². The van der Waals surface area contributed by atoms with Crippen LogP contribution in [0.15, 0.2) is 53.1 Å². The van der Waals surface area contributed by atoms with E-state index in [0.717, 1.165) is 56.6 Å². The minimum Gasteiger partial charge on any atom is -0.467 e. The summed E-state index contributed by atoms with van der Waals surface area (Å²) in [5.41, 5.74) is 1.04. The monoisotopic (exact) mass is 482 g/mol. The van der Waals surface area contributed by atoms with Gasteiger partial charge < -0.3 is 24.3 Å². The minimum absolute atomic E-state index is 0.0381. The number of carbonyl (C=O) groups is 2. The van der Waals surface area contributed by atoms with Gasteiger partial charge in [0.1, 0.15) is 12.3 Å². The molecule has 1 aliphatic carbocycles. The number of nitrogens with zero attached hydrogens (tertiary/aromatic N) is 3. The van der Waals surface area contributed by atoms with Gasteiger partial charge in [0.15, 0.2) is 0 Å².